The molecule has 0 fully saturated rings. The van der Waals surface area contributed by atoms with Crippen molar-refractivity contribution >= 4 is 17.3 Å². The molecule has 112 valence electrons. The van der Waals surface area contributed by atoms with Crippen LogP contribution in [-0.4, -0.2) is 29.9 Å². The van der Waals surface area contributed by atoms with Crippen LogP contribution < -0.4 is 11.1 Å². The number of nitrogen functional groups attached to an aromatic ring is 1. The highest BCUT2D eigenvalue weighted by molar-refractivity contribution is 5.91. The maximum Gasteiger partial charge on any atom is 0.224 e. The van der Waals surface area contributed by atoms with Gasteiger partial charge < -0.3 is 16.0 Å². The van der Waals surface area contributed by atoms with Gasteiger partial charge in [-0.25, -0.2) is 4.39 Å². The molecule has 1 aromatic carbocycles. The van der Waals surface area contributed by atoms with Crippen LogP contribution in [0.4, 0.5) is 15.8 Å². The lowest BCUT2D eigenvalue weighted by Crippen LogP contribution is -2.32. The number of hydrogen-bond acceptors (Lipinski definition) is 3. The van der Waals surface area contributed by atoms with Crippen molar-refractivity contribution in [1.29, 1.82) is 0 Å². The van der Waals surface area contributed by atoms with Crippen LogP contribution in [0.25, 0.3) is 0 Å². The average molecular weight is 281 g/mol. The van der Waals surface area contributed by atoms with Crippen LogP contribution in [0.1, 0.15) is 33.6 Å². The standard InChI is InChI=1S/C15H24FN3O/c1-4-19(11(2)3)9-5-6-15(20)18-12-7-8-13(16)14(17)10-12/h7-8,10-11H,4-6,9,17H2,1-3H3,(H,18,20). The molecular formula is C15H24FN3O. The Morgan fingerprint density at radius 1 is 1.45 bits per heavy atom. The molecule has 0 heterocycles. The van der Waals surface area contributed by atoms with E-state index in [2.05, 4.69) is 31.0 Å². The van der Waals surface area contributed by atoms with Gasteiger partial charge >= 0.3 is 0 Å². The zero-order valence-electron chi connectivity index (χ0n) is 12.4. The molecule has 0 radical (unpaired) electrons. The third kappa shape index (κ3) is 5.17. The van der Waals surface area contributed by atoms with E-state index in [1.165, 1.54) is 18.2 Å². The van der Waals surface area contributed by atoms with Gasteiger partial charge in [0.1, 0.15) is 5.82 Å². The van der Waals surface area contributed by atoms with Gasteiger partial charge in [0.15, 0.2) is 0 Å². The Balaban J connectivity index is 2.38. The Hall–Kier alpha value is -1.62. The molecule has 0 aliphatic carbocycles. The highest BCUT2D eigenvalue weighted by Crippen LogP contribution is 2.16. The molecular weight excluding hydrogens is 257 g/mol. The van der Waals surface area contributed by atoms with E-state index in [1.807, 2.05) is 0 Å². The Labute approximate surface area is 120 Å². The molecule has 0 aliphatic rings. The van der Waals surface area contributed by atoms with Crippen molar-refractivity contribution in [1.82, 2.24) is 4.90 Å². The van der Waals surface area contributed by atoms with Crippen LogP contribution in [0.5, 0.6) is 0 Å². The molecule has 1 rings (SSSR count). The summed E-state index contributed by atoms with van der Waals surface area (Å²) in [4.78, 5) is 14.1. The second-order valence-corrected chi connectivity index (χ2v) is 5.11. The zero-order valence-corrected chi connectivity index (χ0v) is 12.4. The summed E-state index contributed by atoms with van der Waals surface area (Å²) in [6.45, 7) is 8.28. The first-order valence-electron chi connectivity index (χ1n) is 7.03. The predicted octanol–water partition coefficient (Wildman–Crippen LogP) is 2.86. The summed E-state index contributed by atoms with van der Waals surface area (Å²) in [6, 6.07) is 4.68. The van der Waals surface area contributed by atoms with Gasteiger partial charge in [-0.1, -0.05) is 6.92 Å². The van der Waals surface area contributed by atoms with Crippen LogP contribution in [0.2, 0.25) is 0 Å². The second kappa shape index (κ2) is 7.85. The molecule has 0 aromatic heterocycles. The van der Waals surface area contributed by atoms with Crippen LogP contribution >= 0.6 is 0 Å². The van der Waals surface area contributed by atoms with Crippen molar-refractivity contribution in [2.45, 2.75) is 39.7 Å². The number of hydrogen-bond donors (Lipinski definition) is 2. The number of carbonyl (C=O) groups excluding carboxylic acids is 1. The third-order valence-electron chi connectivity index (χ3n) is 3.27. The summed E-state index contributed by atoms with van der Waals surface area (Å²) in [5.41, 5.74) is 6.03. The quantitative estimate of drug-likeness (QED) is 0.756. The lowest BCUT2D eigenvalue weighted by molar-refractivity contribution is -0.116. The Morgan fingerprint density at radius 2 is 2.15 bits per heavy atom. The minimum atomic E-state index is -0.474. The number of benzene rings is 1. The van der Waals surface area contributed by atoms with Crippen LogP contribution in [0.15, 0.2) is 18.2 Å². The van der Waals surface area contributed by atoms with Gasteiger partial charge in [-0.15, -0.1) is 0 Å². The van der Waals surface area contributed by atoms with Gasteiger partial charge in [0.25, 0.3) is 0 Å². The van der Waals surface area contributed by atoms with Gasteiger partial charge in [0.2, 0.25) is 5.91 Å². The maximum atomic E-state index is 13.0. The molecule has 0 saturated carbocycles. The Morgan fingerprint density at radius 3 is 2.70 bits per heavy atom. The van der Waals surface area contributed by atoms with Crippen molar-refractivity contribution in [2.75, 3.05) is 24.1 Å². The normalized spacial score (nSPS) is 11.1. The van der Waals surface area contributed by atoms with Crippen LogP contribution in [0, 0.1) is 5.82 Å². The molecule has 0 saturated heterocycles. The number of nitrogens with zero attached hydrogens (tertiary/aromatic N) is 1. The van der Waals surface area contributed by atoms with E-state index in [9.17, 15) is 9.18 Å². The number of nitrogens with one attached hydrogen (secondary N) is 1. The fourth-order valence-electron chi connectivity index (χ4n) is 2.07. The van der Waals surface area contributed by atoms with Crippen molar-refractivity contribution in [3.63, 3.8) is 0 Å². The molecule has 5 heteroatoms. The highest BCUT2D eigenvalue weighted by atomic mass is 19.1. The third-order valence-corrected chi connectivity index (χ3v) is 3.27. The Kier molecular flexibility index (Phi) is 6.45. The summed E-state index contributed by atoms with van der Waals surface area (Å²) < 4.78 is 13.0. The minimum absolute atomic E-state index is 0.0414. The summed E-state index contributed by atoms with van der Waals surface area (Å²) >= 11 is 0. The topological polar surface area (TPSA) is 58.4 Å². The van der Waals surface area contributed by atoms with Gasteiger partial charge in [0.05, 0.1) is 5.69 Å². The largest absolute Gasteiger partial charge is 0.396 e. The van der Waals surface area contributed by atoms with Crippen molar-refractivity contribution in [3.05, 3.63) is 24.0 Å². The first-order chi connectivity index (χ1) is 9.43. The van der Waals surface area contributed by atoms with E-state index in [0.717, 1.165) is 19.5 Å². The molecule has 0 aliphatic heterocycles. The number of anilines is 2. The van der Waals surface area contributed by atoms with Gasteiger partial charge in [-0.3, -0.25) is 4.79 Å². The lowest BCUT2D eigenvalue weighted by Gasteiger charge is -2.24. The molecule has 1 amide bonds. The van der Waals surface area contributed by atoms with E-state index >= 15 is 0 Å². The molecule has 0 spiro atoms. The molecule has 4 nitrogen and oxygen atoms in total. The molecule has 3 N–H and O–H groups in total. The SMILES string of the molecule is CCN(CCCC(=O)Nc1ccc(F)c(N)c1)C(C)C. The second-order valence-electron chi connectivity index (χ2n) is 5.11. The van der Waals surface area contributed by atoms with E-state index in [4.69, 9.17) is 5.73 Å². The summed E-state index contributed by atoms with van der Waals surface area (Å²) in [7, 11) is 0. The first kappa shape index (κ1) is 16.4. The number of carbonyl (C=O) groups is 1. The fraction of sp³-hybridized carbons (Fsp3) is 0.533. The number of rotatable bonds is 7. The van der Waals surface area contributed by atoms with Crippen LogP contribution in [-0.2, 0) is 4.79 Å². The first-order valence-corrected chi connectivity index (χ1v) is 7.03. The summed E-state index contributed by atoms with van der Waals surface area (Å²) in [6.07, 6.45) is 1.25. The van der Waals surface area contributed by atoms with Crippen LogP contribution in [0.3, 0.4) is 0 Å². The molecule has 0 unspecified atom stereocenters. The zero-order chi connectivity index (χ0) is 15.1. The smallest absolute Gasteiger partial charge is 0.224 e. The van der Waals surface area contributed by atoms with Gasteiger partial charge in [-0.2, -0.15) is 0 Å². The van der Waals surface area contributed by atoms with Gasteiger partial charge in [0, 0.05) is 18.2 Å². The van der Waals surface area contributed by atoms with Gasteiger partial charge in [-0.05, 0) is 51.6 Å². The van der Waals surface area contributed by atoms with E-state index in [0.29, 0.717) is 18.2 Å². The van der Waals surface area contributed by atoms with E-state index in [1.54, 1.807) is 0 Å². The molecule has 20 heavy (non-hydrogen) atoms. The molecule has 1 aromatic rings. The molecule has 0 bridgehead atoms. The van der Waals surface area contributed by atoms with Crippen molar-refractivity contribution < 1.29 is 9.18 Å². The summed E-state index contributed by atoms with van der Waals surface area (Å²) in [5.74, 6) is -0.547. The van der Waals surface area contributed by atoms with Crippen molar-refractivity contribution in [3.8, 4) is 0 Å². The summed E-state index contributed by atoms with van der Waals surface area (Å²) in [5, 5.41) is 2.73. The van der Waals surface area contributed by atoms with E-state index in [-0.39, 0.29) is 11.6 Å². The number of halogens is 1. The minimum Gasteiger partial charge on any atom is -0.396 e. The Bertz CT molecular complexity index is 449. The van der Waals surface area contributed by atoms with Crippen molar-refractivity contribution in [2.24, 2.45) is 0 Å². The number of nitrogens with two attached hydrogens (primary N) is 1. The monoisotopic (exact) mass is 281 g/mol. The lowest BCUT2D eigenvalue weighted by atomic mass is 10.2. The predicted molar refractivity (Wildman–Crippen MR) is 81.1 cm³/mol. The highest BCUT2D eigenvalue weighted by Gasteiger charge is 2.09. The average Bonchev–Trinajstić information content (AvgIpc) is 2.38. The van der Waals surface area contributed by atoms with E-state index < -0.39 is 5.82 Å². The number of amides is 1. The molecule has 0 atom stereocenters. The fourth-order valence-corrected chi connectivity index (χ4v) is 2.07. The maximum absolute atomic E-state index is 13.0.